The number of benzene rings is 1. The lowest BCUT2D eigenvalue weighted by Gasteiger charge is -2.27. The van der Waals surface area contributed by atoms with Gasteiger partial charge in [0.05, 0.1) is 6.04 Å². The first-order chi connectivity index (χ1) is 9.79. The molecule has 3 atom stereocenters. The lowest BCUT2D eigenvalue weighted by molar-refractivity contribution is -0.126. The molecular formula is C18H23NO. The first-order valence-corrected chi connectivity index (χ1v) is 7.74. The van der Waals surface area contributed by atoms with Crippen LogP contribution in [0, 0.1) is 5.92 Å². The quantitative estimate of drug-likeness (QED) is 0.779. The van der Waals surface area contributed by atoms with E-state index in [1.54, 1.807) is 0 Å². The molecule has 0 unspecified atom stereocenters. The highest BCUT2D eigenvalue weighted by atomic mass is 16.1. The molecule has 0 aliphatic carbocycles. The van der Waals surface area contributed by atoms with Gasteiger partial charge in [-0.2, -0.15) is 0 Å². The van der Waals surface area contributed by atoms with Crippen molar-refractivity contribution in [1.82, 2.24) is 4.90 Å². The van der Waals surface area contributed by atoms with Gasteiger partial charge in [0, 0.05) is 18.5 Å². The molecule has 0 aromatic heterocycles. The molecule has 0 spiro atoms. The van der Waals surface area contributed by atoms with E-state index in [1.807, 2.05) is 12.1 Å². The van der Waals surface area contributed by atoms with Crippen molar-refractivity contribution in [2.75, 3.05) is 0 Å². The van der Waals surface area contributed by atoms with E-state index in [1.165, 1.54) is 12.0 Å². The Morgan fingerprint density at radius 2 is 1.90 bits per heavy atom. The van der Waals surface area contributed by atoms with Crippen LogP contribution in [-0.2, 0) is 11.3 Å². The van der Waals surface area contributed by atoms with Crippen LogP contribution < -0.4 is 0 Å². The smallest absolute Gasteiger partial charge is 0.153 e. The SMILES string of the molecule is C=CC[C@H]1CC[C@H]2CC[C@@H](C1=O)N2Cc1ccccc1. The van der Waals surface area contributed by atoms with Crippen LogP contribution in [0.15, 0.2) is 43.0 Å². The molecule has 106 valence electrons. The van der Waals surface area contributed by atoms with Crippen molar-refractivity contribution in [3.8, 4) is 0 Å². The second-order valence-electron chi connectivity index (χ2n) is 6.11. The van der Waals surface area contributed by atoms with E-state index in [2.05, 4.69) is 35.7 Å². The summed E-state index contributed by atoms with van der Waals surface area (Å²) in [5, 5.41) is 0. The highest BCUT2D eigenvalue weighted by Crippen LogP contribution is 2.36. The largest absolute Gasteiger partial charge is 0.298 e. The van der Waals surface area contributed by atoms with Gasteiger partial charge in [-0.25, -0.2) is 0 Å². The van der Waals surface area contributed by atoms with Crippen LogP contribution in [0.1, 0.15) is 37.7 Å². The number of nitrogens with zero attached hydrogens (tertiary/aromatic N) is 1. The van der Waals surface area contributed by atoms with E-state index in [9.17, 15) is 4.79 Å². The van der Waals surface area contributed by atoms with Crippen LogP contribution in [0.5, 0.6) is 0 Å². The molecule has 2 nitrogen and oxygen atoms in total. The van der Waals surface area contributed by atoms with Gasteiger partial charge in [0.25, 0.3) is 0 Å². The van der Waals surface area contributed by atoms with Crippen molar-refractivity contribution in [2.45, 2.75) is 50.7 Å². The molecule has 2 heteroatoms. The van der Waals surface area contributed by atoms with E-state index in [0.717, 1.165) is 32.2 Å². The zero-order valence-corrected chi connectivity index (χ0v) is 12.0. The number of allylic oxidation sites excluding steroid dienone is 1. The van der Waals surface area contributed by atoms with E-state index in [4.69, 9.17) is 0 Å². The third-order valence-electron chi connectivity index (χ3n) is 4.88. The van der Waals surface area contributed by atoms with Crippen molar-refractivity contribution in [2.24, 2.45) is 5.92 Å². The second-order valence-corrected chi connectivity index (χ2v) is 6.11. The topological polar surface area (TPSA) is 20.3 Å². The lowest BCUT2D eigenvalue weighted by Crippen LogP contribution is -2.39. The molecule has 2 heterocycles. The number of ketones is 1. The predicted molar refractivity (Wildman–Crippen MR) is 81.3 cm³/mol. The Morgan fingerprint density at radius 3 is 2.65 bits per heavy atom. The Balaban J connectivity index is 1.78. The molecule has 3 rings (SSSR count). The van der Waals surface area contributed by atoms with Gasteiger partial charge in [-0.05, 0) is 37.7 Å². The van der Waals surface area contributed by atoms with Gasteiger partial charge in [0.2, 0.25) is 0 Å². The Labute approximate surface area is 121 Å². The van der Waals surface area contributed by atoms with Gasteiger partial charge < -0.3 is 0 Å². The Kier molecular flexibility index (Phi) is 4.02. The highest BCUT2D eigenvalue weighted by molar-refractivity contribution is 5.87. The first kappa shape index (κ1) is 13.6. The number of hydrogen-bond donors (Lipinski definition) is 0. The summed E-state index contributed by atoms with van der Waals surface area (Å²) in [5.74, 6) is 0.668. The average molecular weight is 269 g/mol. The Bertz CT molecular complexity index is 481. The molecular weight excluding hydrogens is 246 g/mol. The molecule has 0 N–H and O–H groups in total. The van der Waals surface area contributed by atoms with Crippen LogP contribution in [-0.4, -0.2) is 22.8 Å². The number of fused-ring (bicyclic) bond motifs is 2. The highest BCUT2D eigenvalue weighted by Gasteiger charge is 2.42. The zero-order valence-electron chi connectivity index (χ0n) is 12.0. The van der Waals surface area contributed by atoms with Crippen LogP contribution in [0.4, 0.5) is 0 Å². The summed E-state index contributed by atoms with van der Waals surface area (Å²) in [7, 11) is 0. The molecule has 20 heavy (non-hydrogen) atoms. The summed E-state index contributed by atoms with van der Waals surface area (Å²) < 4.78 is 0. The van der Waals surface area contributed by atoms with Crippen LogP contribution in [0.3, 0.4) is 0 Å². The second kappa shape index (κ2) is 5.92. The van der Waals surface area contributed by atoms with Gasteiger partial charge in [0.1, 0.15) is 0 Å². The first-order valence-electron chi connectivity index (χ1n) is 7.74. The molecule has 2 aliphatic heterocycles. The molecule has 2 bridgehead atoms. The molecule has 0 amide bonds. The fourth-order valence-electron chi connectivity index (χ4n) is 3.83. The minimum atomic E-state index is 0.146. The van der Waals surface area contributed by atoms with Crippen LogP contribution >= 0.6 is 0 Å². The number of Topliss-reactive ketones (excluding diaryl/α,β-unsaturated/α-hetero) is 1. The van der Waals surface area contributed by atoms with Crippen molar-refractivity contribution in [1.29, 1.82) is 0 Å². The molecule has 0 saturated carbocycles. The van der Waals surface area contributed by atoms with E-state index < -0.39 is 0 Å². The monoisotopic (exact) mass is 269 g/mol. The molecule has 2 fully saturated rings. The van der Waals surface area contributed by atoms with Gasteiger partial charge >= 0.3 is 0 Å². The van der Waals surface area contributed by atoms with Gasteiger partial charge in [-0.3, -0.25) is 9.69 Å². The fourth-order valence-corrected chi connectivity index (χ4v) is 3.83. The number of carbonyl (C=O) groups is 1. The van der Waals surface area contributed by atoms with Crippen molar-refractivity contribution in [3.05, 3.63) is 48.6 Å². The van der Waals surface area contributed by atoms with Gasteiger partial charge in [-0.1, -0.05) is 36.4 Å². The molecule has 0 radical (unpaired) electrons. The van der Waals surface area contributed by atoms with Gasteiger partial charge in [-0.15, -0.1) is 6.58 Å². The van der Waals surface area contributed by atoms with Crippen molar-refractivity contribution < 1.29 is 4.79 Å². The maximum atomic E-state index is 12.7. The average Bonchev–Trinajstić information content (AvgIpc) is 2.81. The maximum absolute atomic E-state index is 12.7. The minimum Gasteiger partial charge on any atom is -0.298 e. The lowest BCUT2D eigenvalue weighted by atomic mass is 9.88. The molecule has 2 saturated heterocycles. The number of hydrogen-bond acceptors (Lipinski definition) is 2. The minimum absolute atomic E-state index is 0.146. The zero-order chi connectivity index (χ0) is 13.9. The molecule has 2 aliphatic rings. The summed E-state index contributed by atoms with van der Waals surface area (Å²) >= 11 is 0. The van der Waals surface area contributed by atoms with E-state index in [-0.39, 0.29) is 12.0 Å². The van der Waals surface area contributed by atoms with E-state index >= 15 is 0 Å². The summed E-state index contributed by atoms with van der Waals surface area (Å²) in [4.78, 5) is 15.2. The summed E-state index contributed by atoms with van der Waals surface area (Å²) in [6.07, 6.45) is 7.18. The Hall–Kier alpha value is -1.41. The normalized spacial score (nSPS) is 30.2. The third-order valence-corrected chi connectivity index (χ3v) is 4.88. The number of rotatable bonds is 4. The predicted octanol–water partition coefficient (Wildman–Crippen LogP) is 3.57. The Morgan fingerprint density at radius 1 is 1.15 bits per heavy atom. The standard InChI is InChI=1S/C18H23NO/c1-2-6-15-9-10-16-11-12-17(18(15)20)19(16)13-14-7-4-3-5-8-14/h2-5,7-8,15-17H,1,6,9-13H2/t15-,16-,17-/m0/s1. The fraction of sp³-hybridized carbons (Fsp3) is 0.500. The summed E-state index contributed by atoms with van der Waals surface area (Å²) in [6.45, 7) is 4.72. The molecule has 1 aromatic carbocycles. The maximum Gasteiger partial charge on any atom is 0.153 e. The van der Waals surface area contributed by atoms with Gasteiger partial charge in [0.15, 0.2) is 5.78 Å². The summed E-state index contributed by atoms with van der Waals surface area (Å²) in [5.41, 5.74) is 1.32. The van der Waals surface area contributed by atoms with Crippen molar-refractivity contribution >= 4 is 5.78 Å². The van der Waals surface area contributed by atoms with E-state index in [0.29, 0.717) is 11.8 Å². The summed E-state index contributed by atoms with van der Waals surface area (Å²) in [6, 6.07) is 11.3. The molecule has 1 aromatic rings. The van der Waals surface area contributed by atoms with Crippen LogP contribution in [0.2, 0.25) is 0 Å². The number of carbonyl (C=O) groups excluding carboxylic acids is 1. The van der Waals surface area contributed by atoms with Crippen LogP contribution in [0.25, 0.3) is 0 Å². The third kappa shape index (κ3) is 2.57. The van der Waals surface area contributed by atoms with Crippen molar-refractivity contribution in [3.63, 3.8) is 0 Å².